The summed E-state index contributed by atoms with van der Waals surface area (Å²) in [4.78, 5) is 5.87. The predicted molar refractivity (Wildman–Crippen MR) is 158 cm³/mol. The Balaban J connectivity index is 0.00000280. The van der Waals surface area contributed by atoms with Crippen LogP contribution in [0.3, 0.4) is 0 Å². The van der Waals surface area contributed by atoms with E-state index < -0.39 is 8.24 Å². The van der Waals surface area contributed by atoms with E-state index >= 15 is 0 Å². The summed E-state index contributed by atoms with van der Waals surface area (Å²) in [6, 6.07) is 16.8. The van der Waals surface area contributed by atoms with Crippen molar-refractivity contribution in [1.82, 2.24) is 0 Å². The van der Waals surface area contributed by atoms with E-state index in [1.165, 1.54) is 71.9 Å². The van der Waals surface area contributed by atoms with Crippen LogP contribution >= 0.6 is 0 Å². The van der Waals surface area contributed by atoms with E-state index in [4.69, 9.17) is 4.98 Å². The molecule has 0 saturated heterocycles. The molecular formula is C34H46NSiTi-. The second-order valence-corrected chi connectivity index (χ2v) is 18.8. The minimum absolute atomic E-state index is 0. The van der Waals surface area contributed by atoms with Gasteiger partial charge in [0.05, 0.1) is 0 Å². The molecule has 2 aromatic rings. The molecule has 5 aliphatic carbocycles. The molecular weight excluding hydrogens is 498 g/mol. The van der Waals surface area contributed by atoms with Crippen LogP contribution in [0.1, 0.15) is 95.4 Å². The van der Waals surface area contributed by atoms with Crippen molar-refractivity contribution in [2.45, 2.75) is 103 Å². The van der Waals surface area contributed by atoms with E-state index in [0.717, 1.165) is 17.8 Å². The van der Waals surface area contributed by atoms with E-state index in [1.54, 1.807) is 0 Å². The molecule has 4 fully saturated rings. The van der Waals surface area contributed by atoms with Crippen molar-refractivity contribution in [3.05, 3.63) is 69.7 Å². The van der Waals surface area contributed by atoms with Crippen LogP contribution in [0.25, 0.3) is 22.2 Å². The van der Waals surface area contributed by atoms with Crippen LogP contribution in [0, 0.1) is 23.2 Å². The van der Waals surface area contributed by atoms with E-state index in [1.807, 2.05) is 0 Å². The van der Waals surface area contributed by atoms with Gasteiger partial charge in [-0.2, -0.15) is 0 Å². The maximum atomic E-state index is 5.87. The third-order valence-corrected chi connectivity index (χ3v) is 13.8. The number of hydrogen-bond acceptors (Lipinski definition) is 0. The van der Waals surface area contributed by atoms with Gasteiger partial charge in [0, 0.05) is 21.7 Å². The van der Waals surface area contributed by atoms with Gasteiger partial charge in [-0.3, -0.25) is 0 Å². The zero-order valence-electron chi connectivity index (χ0n) is 24.2. The fourth-order valence-corrected chi connectivity index (χ4v) is 12.9. The van der Waals surface area contributed by atoms with Crippen LogP contribution in [0.15, 0.2) is 48.0 Å². The summed E-state index contributed by atoms with van der Waals surface area (Å²) in [5.41, 5.74) is 9.81. The van der Waals surface area contributed by atoms with Crippen molar-refractivity contribution in [3.63, 3.8) is 0 Å². The average Bonchev–Trinajstić information content (AvgIpc) is 3.14. The summed E-state index contributed by atoms with van der Waals surface area (Å²) in [5.74, 6) is 3.00. The first-order chi connectivity index (χ1) is 17.0. The molecule has 196 valence electrons. The van der Waals surface area contributed by atoms with Crippen molar-refractivity contribution in [1.29, 1.82) is 0 Å². The van der Waals surface area contributed by atoms with Crippen LogP contribution < -0.4 is 0 Å². The Labute approximate surface area is 242 Å². The minimum Gasteiger partial charge on any atom is -0.661 e. The third kappa shape index (κ3) is 4.83. The first kappa shape index (κ1) is 27.6. The number of hydrogen-bond donors (Lipinski definition) is 0. The van der Waals surface area contributed by atoms with Gasteiger partial charge >= 0.3 is 0 Å². The van der Waals surface area contributed by atoms with Crippen molar-refractivity contribution in [2.75, 3.05) is 0 Å². The molecule has 0 aromatic heterocycles. The maximum Gasteiger partial charge on any atom is 0 e. The largest absolute Gasteiger partial charge is 0.661 e. The number of rotatable bonds is 5. The summed E-state index contributed by atoms with van der Waals surface area (Å²) in [5, 5.41) is 0. The van der Waals surface area contributed by atoms with Gasteiger partial charge in [-0.1, -0.05) is 94.9 Å². The van der Waals surface area contributed by atoms with Crippen LogP contribution in [-0.4, -0.2) is 14.3 Å². The fourth-order valence-electron chi connectivity index (χ4n) is 9.29. The Hall–Kier alpha value is -0.929. The van der Waals surface area contributed by atoms with Gasteiger partial charge in [-0.05, 0) is 116 Å². The van der Waals surface area contributed by atoms with Gasteiger partial charge in [-0.25, -0.2) is 0 Å². The van der Waals surface area contributed by atoms with Crippen LogP contribution in [0.4, 0.5) is 0 Å². The third-order valence-electron chi connectivity index (χ3n) is 10.5. The first-order valence-electron chi connectivity index (χ1n) is 14.6. The Morgan fingerprint density at radius 3 is 2.00 bits per heavy atom. The molecule has 0 spiro atoms. The summed E-state index contributed by atoms with van der Waals surface area (Å²) >= 11 is 0. The van der Waals surface area contributed by atoms with Crippen LogP contribution in [0.5, 0.6) is 0 Å². The molecule has 7 rings (SSSR count). The molecule has 0 amide bonds. The number of benzene rings is 2. The standard InChI is InChI=1S/C34H46NSi.Ti/c1-22-15-31-29(27-11-13-28(14-12-27)33(3,4)5)9-8-10-30(31)32(22)36(6,7)35-23(2)34-19-24-16-25(20-34)18-26(17-24)21-34;/h8-15,23-26,32H,16-21H2,1-7H3;/q-1;. The van der Waals surface area contributed by atoms with Crippen LogP contribution in [-0.2, 0) is 27.1 Å². The molecule has 3 heteroatoms. The smallest absolute Gasteiger partial charge is 0 e. The molecule has 2 atom stereocenters. The van der Waals surface area contributed by atoms with Crippen molar-refractivity contribution < 1.29 is 21.7 Å². The summed E-state index contributed by atoms with van der Waals surface area (Å²) in [6.07, 6.45) is 11.4. The average molecular weight is 545 g/mol. The topological polar surface area (TPSA) is 14.1 Å². The molecule has 0 N–H and O–H groups in total. The molecule has 37 heavy (non-hydrogen) atoms. The molecule has 0 heterocycles. The Morgan fingerprint density at radius 2 is 1.46 bits per heavy atom. The van der Waals surface area contributed by atoms with Gasteiger partial charge < -0.3 is 4.98 Å². The Morgan fingerprint density at radius 1 is 0.892 bits per heavy atom. The minimum atomic E-state index is -1.90. The zero-order chi connectivity index (χ0) is 25.5. The van der Waals surface area contributed by atoms with Gasteiger partial charge in [0.2, 0.25) is 0 Å². The van der Waals surface area contributed by atoms with Gasteiger partial charge in [0.15, 0.2) is 0 Å². The van der Waals surface area contributed by atoms with Crippen molar-refractivity contribution in [3.8, 4) is 11.1 Å². The molecule has 2 aromatic carbocycles. The predicted octanol–water partition coefficient (Wildman–Crippen LogP) is 9.87. The summed E-state index contributed by atoms with van der Waals surface area (Å²) in [6.45, 7) is 16.8. The second kappa shape index (κ2) is 9.61. The molecule has 4 saturated carbocycles. The molecule has 0 radical (unpaired) electrons. The van der Waals surface area contributed by atoms with Crippen molar-refractivity contribution in [2.24, 2.45) is 23.2 Å². The molecule has 0 aliphatic heterocycles. The zero-order valence-corrected chi connectivity index (χ0v) is 26.8. The van der Waals surface area contributed by atoms with E-state index in [9.17, 15) is 0 Å². The maximum absolute atomic E-state index is 5.87. The first-order valence-corrected chi connectivity index (χ1v) is 17.6. The SMILES string of the molecule is CC1=Cc2c(-c3ccc(C(C)(C)C)cc3)cccc2C1[Si](C)(C)[N-]C(C)C12CC3CC(CC(C3)C1)C2.[Ti]. The summed E-state index contributed by atoms with van der Waals surface area (Å²) in [7, 11) is -1.90. The molecule has 4 bridgehead atoms. The molecule has 1 nitrogen and oxygen atoms in total. The van der Waals surface area contributed by atoms with Crippen molar-refractivity contribution >= 4 is 14.3 Å². The Kier molecular flexibility index (Phi) is 7.18. The Bertz CT molecular complexity index is 1150. The normalized spacial score (nSPS) is 31.1. The van der Waals surface area contributed by atoms with Gasteiger partial charge in [-0.15, -0.1) is 6.04 Å². The second-order valence-electron chi connectivity index (χ2n) is 14.7. The number of fused-ring (bicyclic) bond motifs is 1. The van der Waals surface area contributed by atoms with E-state index in [2.05, 4.69) is 96.3 Å². The van der Waals surface area contributed by atoms with E-state index in [-0.39, 0.29) is 27.1 Å². The fraction of sp³-hybridized carbons (Fsp3) is 0.588. The van der Waals surface area contributed by atoms with Gasteiger partial charge in [0.1, 0.15) is 0 Å². The quantitative estimate of drug-likeness (QED) is 0.333. The van der Waals surface area contributed by atoms with Crippen LogP contribution in [0.2, 0.25) is 13.1 Å². The molecule has 5 aliphatic rings. The van der Waals surface area contributed by atoms with Gasteiger partial charge in [0.25, 0.3) is 0 Å². The monoisotopic (exact) mass is 544 g/mol. The number of nitrogens with zero attached hydrogens (tertiary/aromatic N) is 1. The summed E-state index contributed by atoms with van der Waals surface area (Å²) < 4.78 is 0. The molecule has 2 unspecified atom stereocenters. The van der Waals surface area contributed by atoms with E-state index in [0.29, 0.717) is 17.0 Å². The number of allylic oxidation sites excluding steroid dienone is 1.